The van der Waals surface area contributed by atoms with Gasteiger partial charge >= 0.3 is 0 Å². The molecule has 1 aliphatic heterocycles. The third kappa shape index (κ3) is 6.46. The second-order valence-corrected chi connectivity index (χ2v) is 8.05. The van der Waals surface area contributed by atoms with Crippen LogP contribution >= 0.6 is 11.8 Å². The van der Waals surface area contributed by atoms with Crippen molar-refractivity contribution < 1.29 is 14.3 Å². The molecular weight excluding hydrogens is 372 g/mol. The number of nitrogens with zero attached hydrogens (tertiary/aromatic N) is 1. The van der Waals surface area contributed by atoms with Crippen LogP contribution in [-0.4, -0.2) is 49.9 Å². The molecule has 0 aliphatic carbocycles. The fourth-order valence-corrected chi connectivity index (χ4v) is 3.78. The molecule has 1 N–H and O–H groups in total. The van der Waals surface area contributed by atoms with E-state index in [1.54, 1.807) is 7.11 Å². The standard InChI is InChI=1S/C22H28N2O3S/c1-24-13-11-20(12-14-24)27-19-5-3-17(4-6-19)15-23-22(25)16-28-21-9-7-18(26-2)8-10-21/h3-10,20H,11-16H2,1-2H3,(H,23,25). The van der Waals surface area contributed by atoms with E-state index in [2.05, 4.69) is 17.3 Å². The topological polar surface area (TPSA) is 50.8 Å². The van der Waals surface area contributed by atoms with Crippen LogP contribution in [0.4, 0.5) is 0 Å². The number of carbonyl (C=O) groups is 1. The van der Waals surface area contributed by atoms with E-state index in [-0.39, 0.29) is 5.91 Å². The highest BCUT2D eigenvalue weighted by atomic mass is 32.2. The molecule has 2 aromatic rings. The van der Waals surface area contributed by atoms with E-state index >= 15 is 0 Å². The Morgan fingerprint density at radius 1 is 1.07 bits per heavy atom. The predicted octanol–water partition coefficient (Wildman–Crippen LogP) is 3.58. The van der Waals surface area contributed by atoms with Gasteiger partial charge in [0.15, 0.2) is 0 Å². The number of piperidine rings is 1. The van der Waals surface area contributed by atoms with Crippen LogP contribution in [0.5, 0.6) is 11.5 Å². The van der Waals surface area contributed by atoms with E-state index in [0.717, 1.165) is 47.9 Å². The summed E-state index contributed by atoms with van der Waals surface area (Å²) in [6.45, 7) is 2.70. The van der Waals surface area contributed by atoms with Gasteiger partial charge in [-0.3, -0.25) is 4.79 Å². The molecule has 1 aliphatic rings. The van der Waals surface area contributed by atoms with Gasteiger partial charge in [-0.15, -0.1) is 11.8 Å². The Balaban J connectivity index is 1.38. The van der Waals surface area contributed by atoms with Gasteiger partial charge in [-0.05, 0) is 61.9 Å². The summed E-state index contributed by atoms with van der Waals surface area (Å²) in [6, 6.07) is 15.7. The summed E-state index contributed by atoms with van der Waals surface area (Å²) < 4.78 is 11.2. The highest BCUT2D eigenvalue weighted by Crippen LogP contribution is 2.21. The first-order valence-corrected chi connectivity index (χ1v) is 10.6. The molecule has 1 heterocycles. The molecule has 1 saturated heterocycles. The normalized spacial score (nSPS) is 15.2. The van der Waals surface area contributed by atoms with Crippen molar-refractivity contribution in [3.05, 3.63) is 54.1 Å². The van der Waals surface area contributed by atoms with Gasteiger partial charge in [-0.1, -0.05) is 12.1 Å². The average molecular weight is 401 g/mol. The van der Waals surface area contributed by atoms with Gasteiger partial charge < -0.3 is 19.7 Å². The SMILES string of the molecule is COc1ccc(SCC(=O)NCc2ccc(OC3CCN(C)CC3)cc2)cc1. The van der Waals surface area contributed by atoms with Gasteiger partial charge in [0.05, 0.1) is 12.9 Å². The Kier molecular flexibility index (Phi) is 7.62. The maximum Gasteiger partial charge on any atom is 0.230 e. The lowest BCUT2D eigenvalue weighted by Crippen LogP contribution is -2.35. The molecule has 150 valence electrons. The van der Waals surface area contributed by atoms with E-state index in [4.69, 9.17) is 9.47 Å². The zero-order chi connectivity index (χ0) is 19.8. The fraction of sp³-hybridized carbons (Fsp3) is 0.409. The Labute approximate surface area is 171 Å². The minimum atomic E-state index is 0.0208. The minimum absolute atomic E-state index is 0.0208. The predicted molar refractivity (Wildman–Crippen MR) is 113 cm³/mol. The number of benzene rings is 2. The maximum atomic E-state index is 12.1. The van der Waals surface area contributed by atoms with E-state index in [1.807, 2.05) is 48.5 Å². The highest BCUT2D eigenvalue weighted by Gasteiger charge is 2.17. The summed E-state index contributed by atoms with van der Waals surface area (Å²) in [5.41, 5.74) is 1.07. The molecule has 3 rings (SSSR count). The van der Waals surface area contributed by atoms with Gasteiger partial charge in [0.25, 0.3) is 0 Å². The summed E-state index contributed by atoms with van der Waals surface area (Å²) in [7, 11) is 3.79. The fourth-order valence-electron chi connectivity index (χ4n) is 3.05. The second-order valence-electron chi connectivity index (χ2n) is 7.01. The zero-order valence-electron chi connectivity index (χ0n) is 16.5. The number of methoxy groups -OCH3 is 1. The Bertz CT molecular complexity index is 741. The second kappa shape index (κ2) is 10.4. The van der Waals surface area contributed by atoms with Crippen LogP contribution < -0.4 is 14.8 Å². The lowest BCUT2D eigenvalue weighted by Gasteiger charge is -2.29. The van der Waals surface area contributed by atoms with Gasteiger partial charge in [0, 0.05) is 24.5 Å². The molecule has 0 spiro atoms. The molecule has 6 heteroatoms. The molecule has 2 aromatic carbocycles. The lowest BCUT2D eigenvalue weighted by molar-refractivity contribution is -0.118. The molecule has 28 heavy (non-hydrogen) atoms. The molecule has 5 nitrogen and oxygen atoms in total. The Hall–Kier alpha value is -2.18. The van der Waals surface area contributed by atoms with Gasteiger partial charge in [-0.2, -0.15) is 0 Å². The largest absolute Gasteiger partial charge is 0.497 e. The molecule has 0 unspecified atom stereocenters. The van der Waals surface area contributed by atoms with Gasteiger partial charge in [0.2, 0.25) is 5.91 Å². The van der Waals surface area contributed by atoms with Crippen LogP contribution in [0, 0.1) is 0 Å². The van der Waals surface area contributed by atoms with E-state index in [0.29, 0.717) is 18.4 Å². The number of hydrogen-bond donors (Lipinski definition) is 1. The van der Waals surface area contributed by atoms with Crippen molar-refractivity contribution >= 4 is 17.7 Å². The summed E-state index contributed by atoms with van der Waals surface area (Å²) in [5.74, 6) is 2.13. The zero-order valence-corrected chi connectivity index (χ0v) is 17.3. The number of likely N-dealkylation sites (tertiary alicyclic amines) is 1. The number of carbonyl (C=O) groups excluding carboxylic acids is 1. The van der Waals surface area contributed by atoms with Gasteiger partial charge in [0.1, 0.15) is 17.6 Å². The quantitative estimate of drug-likeness (QED) is 0.687. The molecule has 0 bridgehead atoms. The smallest absolute Gasteiger partial charge is 0.230 e. The molecular formula is C22H28N2O3S. The highest BCUT2D eigenvalue weighted by molar-refractivity contribution is 8.00. The summed E-state index contributed by atoms with van der Waals surface area (Å²) in [5, 5.41) is 2.97. The van der Waals surface area contributed by atoms with Crippen molar-refractivity contribution in [1.82, 2.24) is 10.2 Å². The molecule has 0 saturated carbocycles. The number of nitrogens with one attached hydrogen (secondary N) is 1. The first-order chi connectivity index (χ1) is 13.6. The van der Waals surface area contributed by atoms with E-state index in [9.17, 15) is 4.79 Å². The van der Waals surface area contributed by atoms with Crippen molar-refractivity contribution in [2.24, 2.45) is 0 Å². The Morgan fingerprint density at radius 3 is 2.36 bits per heavy atom. The molecule has 1 fully saturated rings. The van der Waals surface area contributed by atoms with Crippen LogP contribution in [0.3, 0.4) is 0 Å². The average Bonchev–Trinajstić information content (AvgIpc) is 2.74. The van der Waals surface area contributed by atoms with Crippen molar-refractivity contribution in [3.8, 4) is 11.5 Å². The van der Waals surface area contributed by atoms with Crippen molar-refractivity contribution in [2.45, 2.75) is 30.4 Å². The lowest BCUT2D eigenvalue weighted by atomic mass is 10.1. The summed E-state index contributed by atoms with van der Waals surface area (Å²) in [4.78, 5) is 15.5. The number of rotatable bonds is 8. The minimum Gasteiger partial charge on any atom is -0.497 e. The molecule has 1 amide bonds. The summed E-state index contributed by atoms with van der Waals surface area (Å²) >= 11 is 1.51. The summed E-state index contributed by atoms with van der Waals surface area (Å²) in [6.07, 6.45) is 2.44. The molecule has 0 aromatic heterocycles. The first-order valence-electron chi connectivity index (χ1n) is 9.60. The third-order valence-electron chi connectivity index (χ3n) is 4.81. The number of amides is 1. The maximum absolute atomic E-state index is 12.1. The number of thioether (sulfide) groups is 1. The molecule has 0 atom stereocenters. The van der Waals surface area contributed by atoms with Gasteiger partial charge in [-0.25, -0.2) is 0 Å². The first kappa shape index (κ1) is 20.6. The van der Waals surface area contributed by atoms with Crippen LogP contribution in [0.1, 0.15) is 18.4 Å². The monoisotopic (exact) mass is 400 g/mol. The van der Waals surface area contributed by atoms with Crippen LogP contribution in [-0.2, 0) is 11.3 Å². The van der Waals surface area contributed by atoms with E-state index < -0.39 is 0 Å². The van der Waals surface area contributed by atoms with Crippen molar-refractivity contribution in [3.63, 3.8) is 0 Å². The van der Waals surface area contributed by atoms with Crippen LogP contribution in [0.25, 0.3) is 0 Å². The molecule has 0 radical (unpaired) electrons. The number of ether oxygens (including phenoxy) is 2. The van der Waals surface area contributed by atoms with Crippen LogP contribution in [0.2, 0.25) is 0 Å². The van der Waals surface area contributed by atoms with E-state index in [1.165, 1.54) is 11.8 Å². The van der Waals surface area contributed by atoms with Crippen LogP contribution in [0.15, 0.2) is 53.4 Å². The Morgan fingerprint density at radius 2 is 1.71 bits per heavy atom. The van der Waals surface area contributed by atoms with Crippen molar-refractivity contribution in [2.75, 3.05) is 33.0 Å². The van der Waals surface area contributed by atoms with Crippen molar-refractivity contribution in [1.29, 1.82) is 0 Å². The third-order valence-corrected chi connectivity index (χ3v) is 5.82. The number of hydrogen-bond acceptors (Lipinski definition) is 5.